The summed E-state index contributed by atoms with van der Waals surface area (Å²) in [6.45, 7) is 10.7. The van der Waals surface area contributed by atoms with E-state index in [0.29, 0.717) is 5.92 Å². The van der Waals surface area contributed by atoms with E-state index < -0.39 is 6.10 Å². The van der Waals surface area contributed by atoms with Gasteiger partial charge in [0.1, 0.15) is 5.75 Å². The van der Waals surface area contributed by atoms with Crippen molar-refractivity contribution < 1.29 is 9.84 Å². The molecule has 1 rings (SSSR count). The number of rotatable bonds is 4. The number of aliphatic hydroxyl groups excluding tert-OH is 1. The van der Waals surface area contributed by atoms with Crippen LogP contribution in [0.4, 0.5) is 0 Å². The van der Waals surface area contributed by atoms with Gasteiger partial charge >= 0.3 is 0 Å². The summed E-state index contributed by atoms with van der Waals surface area (Å²) in [7, 11) is 1.69. The minimum atomic E-state index is -0.392. The third-order valence-electron chi connectivity index (χ3n) is 3.11. The van der Waals surface area contributed by atoms with E-state index in [9.17, 15) is 5.11 Å². The van der Waals surface area contributed by atoms with Crippen LogP contribution in [0.5, 0.6) is 5.75 Å². The average Bonchev–Trinajstić information content (AvgIpc) is 2.26. The molecular formula is C16H26O2. The SMILES string of the molecule is COc1ccc(C(O)CC(C)C)cc1C(C)(C)C. The van der Waals surface area contributed by atoms with Gasteiger partial charge in [-0.05, 0) is 41.0 Å². The van der Waals surface area contributed by atoms with Gasteiger partial charge in [-0.2, -0.15) is 0 Å². The van der Waals surface area contributed by atoms with Gasteiger partial charge in [0.15, 0.2) is 0 Å². The minimum absolute atomic E-state index is 0.0128. The van der Waals surface area contributed by atoms with Gasteiger partial charge in [0, 0.05) is 0 Å². The highest BCUT2D eigenvalue weighted by Gasteiger charge is 2.21. The summed E-state index contributed by atoms with van der Waals surface area (Å²) in [5, 5.41) is 10.2. The van der Waals surface area contributed by atoms with Crippen molar-refractivity contribution in [1.82, 2.24) is 0 Å². The first-order valence-corrected chi connectivity index (χ1v) is 6.62. The maximum Gasteiger partial charge on any atom is 0.122 e. The Hall–Kier alpha value is -1.02. The second-order valence-corrected chi connectivity index (χ2v) is 6.36. The Bertz CT molecular complexity index is 389. The Morgan fingerprint density at radius 2 is 1.83 bits per heavy atom. The molecule has 1 unspecified atom stereocenters. The van der Waals surface area contributed by atoms with Crippen LogP contribution in [0.3, 0.4) is 0 Å². The standard InChI is InChI=1S/C16H26O2/c1-11(2)9-14(17)12-7-8-15(18-6)13(10-12)16(3,4)5/h7-8,10-11,14,17H,9H2,1-6H3. The summed E-state index contributed by atoms with van der Waals surface area (Å²) in [6.07, 6.45) is 0.396. The van der Waals surface area contributed by atoms with Crippen molar-refractivity contribution in [2.75, 3.05) is 7.11 Å². The van der Waals surface area contributed by atoms with Gasteiger partial charge in [-0.1, -0.05) is 40.7 Å². The van der Waals surface area contributed by atoms with Crippen LogP contribution in [0.15, 0.2) is 18.2 Å². The van der Waals surface area contributed by atoms with Gasteiger partial charge in [-0.3, -0.25) is 0 Å². The van der Waals surface area contributed by atoms with Crippen LogP contribution in [0.25, 0.3) is 0 Å². The molecular weight excluding hydrogens is 224 g/mol. The van der Waals surface area contributed by atoms with E-state index in [-0.39, 0.29) is 5.41 Å². The molecule has 1 aromatic rings. The first kappa shape index (κ1) is 15.0. The van der Waals surface area contributed by atoms with E-state index in [0.717, 1.165) is 23.3 Å². The van der Waals surface area contributed by atoms with E-state index in [1.54, 1.807) is 7.11 Å². The molecule has 0 spiro atoms. The Labute approximate surface area is 111 Å². The number of ether oxygens (including phenoxy) is 1. The first-order chi connectivity index (χ1) is 8.25. The molecule has 0 radical (unpaired) electrons. The highest BCUT2D eigenvalue weighted by atomic mass is 16.5. The molecule has 0 aliphatic carbocycles. The van der Waals surface area contributed by atoms with Crippen molar-refractivity contribution in [3.05, 3.63) is 29.3 Å². The van der Waals surface area contributed by atoms with E-state index in [2.05, 4.69) is 40.7 Å². The second kappa shape index (κ2) is 5.75. The highest BCUT2D eigenvalue weighted by Crippen LogP contribution is 2.34. The van der Waals surface area contributed by atoms with Gasteiger partial charge in [0.05, 0.1) is 13.2 Å². The lowest BCUT2D eigenvalue weighted by Crippen LogP contribution is -2.14. The normalized spacial score (nSPS) is 13.8. The van der Waals surface area contributed by atoms with Gasteiger partial charge < -0.3 is 9.84 Å². The molecule has 0 aliphatic rings. The maximum atomic E-state index is 10.2. The molecule has 102 valence electrons. The summed E-state index contributed by atoms with van der Waals surface area (Å²) in [5.74, 6) is 1.38. The average molecular weight is 250 g/mol. The quantitative estimate of drug-likeness (QED) is 0.872. The third-order valence-corrected chi connectivity index (χ3v) is 3.11. The van der Waals surface area contributed by atoms with Crippen LogP contribution in [0, 0.1) is 5.92 Å². The zero-order valence-electron chi connectivity index (χ0n) is 12.4. The minimum Gasteiger partial charge on any atom is -0.496 e. The lowest BCUT2D eigenvalue weighted by molar-refractivity contribution is 0.151. The summed E-state index contributed by atoms with van der Waals surface area (Å²) in [6, 6.07) is 5.99. The van der Waals surface area contributed by atoms with Gasteiger partial charge in [0.2, 0.25) is 0 Å². The van der Waals surface area contributed by atoms with Crippen molar-refractivity contribution in [2.45, 2.75) is 52.6 Å². The molecule has 1 N–H and O–H groups in total. The molecule has 0 aromatic heterocycles. The molecule has 1 atom stereocenters. The predicted octanol–water partition coefficient (Wildman–Crippen LogP) is 4.07. The van der Waals surface area contributed by atoms with Crippen molar-refractivity contribution in [3.63, 3.8) is 0 Å². The molecule has 0 heterocycles. The van der Waals surface area contributed by atoms with Crippen LogP contribution >= 0.6 is 0 Å². The third kappa shape index (κ3) is 3.74. The van der Waals surface area contributed by atoms with Crippen molar-refractivity contribution >= 4 is 0 Å². The Kier molecular flexibility index (Phi) is 4.80. The summed E-state index contributed by atoms with van der Waals surface area (Å²) in [4.78, 5) is 0. The van der Waals surface area contributed by atoms with Crippen LogP contribution in [0.2, 0.25) is 0 Å². The molecule has 1 aromatic carbocycles. The lowest BCUT2D eigenvalue weighted by atomic mass is 9.84. The molecule has 2 nitrogen and oxygen atoms in total. The zero-order valence-corrected chi connectivity index (χ0v) is 12.4. The van der Waals surface area contributed by atoms with E-state index in [4.69, 9.17) is 4.74 Å². The fraction of sp³-hybridized carbons (Fsp3) is 0.625. The van der Waals surface area contributed by atoms with Crippen LogP contribution in [-0.4, -0.2) is 12.2 Å². The van der Waals surface area contributed by atoms with E-state index in [1.165, 1.54) is 0 Å². The highest BCUT2D eigenvalue weighted by molar-refractivity contribution is 5.42. The molecule has 0 fully saturated rings. The van der Waals surface area contributed by atoms with Crippen molar-refractivity contribution in [1.29, 1.82) is 0 Å². The first-order valence-electron chi connectivity index (χ1n) is 6.62. The number of hydrogen-bond donors (Lipinski definition) is 1. The molecule has 0 saturated heterocycles. The largest absolute Gasteiger partial charge is 0.496 e. The lowest BCUT2D eigenvalue weighted by Gasteiger charge is -2.24. The zero-order chi connectivity index (χ0) is 13.9. The van der Waals surface area contributed by atoms with Crippen LogP contribution in [0.1, 0.15) is 58.3 Å². The molecule has 2 heteroatoms. The van der Waals surface area contributed by atoms with Crippen LogP contribution < -0.4 is 4.74 Å². The molecule has 18 heavy (non-hydrogen) atoms. The fourth-order valence-electron chi connectivity index (χ4n) is 2.10. The molecule has 0 saturated carbocycles. The van der Waals surface area contributed by atoms with Crippen molar-refractivity contribution in [2.24, 2.45) is 5.92 Å². The smallest absolute Gasteiger partial charge is 0.122 e. The fourth-order valence-corrected chi connectivity index (χ4v) is 2.10. The molecule has 0 bridgehead atoms. The Morgan fingerprint density at radius 1 is 1.22 bits per heavy atom. The van der Waals surface area contributed by atoms with Crippen molar-refractivity contribution in [3.8, 4) is 5.75 Å². The number of methoxy groups -OCH3 is 1. The second-order valence-electron chi connectivity index (χ2n) is 6.36. The molecule has 0 aliphatic heterocycles. The summed E-state index contributed by atoms with van der Waals surface area (Å²) in [5.41, 5.74) is 2.14. The summed E-state index contributed by atoms with van der Waals surface area (Å²) < 4.78 is 5.41. The van der Waals surface area contributed by atoms with E-state index in [1.807, 2.05) is 12.1 Å². The van der Waals surface area contributed by atoms with Gasteiger partial charge in [-0.15, -0.1) is 0 Å². The number of hydrogen-bond acceptors (Lipinski definition) is 2. The van der Waals surface area contributed by atoms with E-state index >= 15 is 0 Å². The predicted molar refractivity (Wildman–Crippen MR) is 76.1 cm³/mol. The monoisotopic (exact) mass is 250 g/mol. The number of benzene rings is 1. The van der Waals surface area contributed by atoms with Gasteiger partial charge in [-0.25, -0.2) is 0 Å². The Balaban J connectivity index is 3.10. The summed E-state index contributed by atoms with van der Waals surface area (Å²) >= 11 is 0. The van der Waals surface area contributed by atoms with Crippen LogP contribution in [-0.2, 0) is 5.41 Å². The van der Waals surface area contributed by atoms with Gasteiger partial charge in [0.25, 0.3) is 0 Å². The topological polar surface area (TPSA) is 29.5 Å². The maximum absolute atomic E-state index is 10.2. The Morgan fingerprint density at radius 3 is 2.28 bits per heavy atom. The number of aliphatic hydroxyl groups is 1. The molecule has 0 amide bonds.